The number of carbonyl (C=O) groups is 1. The first-order valence-corrected chi connectivity index (χ1v) is 7.35. The highest BCUT2D eigenvalue weighted by Gasteiger charge is 2.35. The molecule has 0 saturated heterocycles. The van der Waals surface area contributed by atoms with Gasteiger partial charge in [0.15, 0.2) is 0 Å². The molecular formula is C16H25N3O. The lowest BCUT2D eigenvalue weighted by atomic mass is 9.96. The number of hydrogen-bond acceptors (Lipinski definition) is 3. The van der Waals surface area contributed by atoms with E-state index in [0.717, 1.165) is 12.2 Å². The van der Waals surface area contributed by atoms with Crippen LogP contribution in [0.5, 0.6) is 0 Å². The SMILES string of the molecule is CN(C)C1(CNC(=O)CNc2ccccc2)CCCC1. The Kier molecular flexibility index (Phi) is 5.01. The van der Waals surface area contributed by atoms with Crippen molar-refractivity contribution in [1.29, 1.82) is 0 Å². The van der Waals surface area contributed by atoms with Crippen LogP contribution in [0.15, 0.2) is 30.3 Å². The summed E-state index contributed by atoms with van der Waals surface area (Å²) >= 11 is 0. The minimum atomic E-state index is 0.0574. The molecular weight excluding hydrogens is 250 g/mol. The average molecular weight is 275 g/mol. The van der Waals surface area contributed by atoms with E-state index < -0.39 is 0 Å². The molecule has 0 radical (unpaired) electrons. The highest BCUT2D eigenvalue weighted by Crippen LogP contribution is 2.32. The Bertz CT molecular complexity index is 425. The van der Waals surface area contributed by atoms with Crippen LogP contribution in [-0.2, 0) is 4.79 Å². The maximum Gasteiger partial charge on any atom is 0.239 e. The van der Waals surface area contributed by atoms with Gasteiger partial charge in [-0.25, -0.2) is 0 Å². The van der Waals surface area contributed by atoms with E-state index in [1.807, 2.05) is 30.3 Å². The van der Waals surface area contributed by atoms with Crippen LogP contribution in [-0.4, -0.2) is 43.5 Å². The van der Waals surface area contributed by atoms with E-state index >= 15 is 0 Å². The van der Waals surface area contributed by atoms with Crippen LogP contribution in [0.3, 0.4) is 0 Å². The standard InChI is InChI=1S/C16H25N3O/c1-19(2)16(10-6-7-11-16)13-18-15(20)12-17-14-8-4-3-5-9-14/h3-5,8-9,17H,6-7,10-13H2,1-2H3,(H,18,20). The van der Waals surface area contributed by atoms with Crippen molar-refractivity contribution in [2.24, 2.45) is 0 Å². The molecule has 20 heavy (non-hydrogen) atoms. The Labute approximate surface area is 121 Å². The molecule has 1 aromatic carbocycles. The van der Waals surface area contributed by atoms with Crippen molar-refractivity contribution in [2.45, 2.75) is 31.2 Å². The molecule has 0 aliphatic heterocycles. The normalized spacial score (nSPS) is 17.1. The number of benzene rings is 1. The molecule has 4 heteroatoms. The van der Waals surface area contributed by atoms with Gasteiger partial charge in [-0.3, -0.25) is 4.79 Å². The zero-order chi connectivity index (χ0) is 14.4. The number of amides is 1. The Hall–Kier alpha value is -1.55. The molecule has 2 N–H and O–H groups in total. The largest absolute Gasteiger partial charge is 0.376 e. The topological polar surface area (TPSA) is 44.4 Å². The second kappa shape index (κ2) is 6.75. The van der Waals surface area contributed by atoms with Crippen molar-refractivity contribution in [2.75, 3.05) is 32.5 Å². The lowest BCUT2D eigenvalue weighted by molar-refractivity contribution is -0.120. The van der Waals surface area contributed by atoms with Gasteiger partial charge >= 0.3 is 0 Å². The molecule has 0 spiro atoms. The van der Waals surface area contributed by atoms with Crippen molar-refractivity contribution >= 4 is 11.6 Å². The molecule has 1 aliphatic carbocycles. The van der Waals surface area contributed by atoms with E-state index in [4.69, 9.17) is 0 Å². The van der Waals surface area contributed by atoms with Gasteiger partial charge in [0.2, 0.25) is 5.91 Å². The summed E-state index contributed by atoms with van der Waals surface area (Å²) in [5.74, 6) is 0.0574. The summed E-state index contributed by atoms with van der Waals surface area (Å²) in [6.45, 7) is 1.07. The van der Waals surface area contributed by atoms with Crippen molar-refractivity contribution < 1.29 is 4.79 Å². The fourth-order valence-corrected chi connectivity index (χ4v) is 2.88. The summed E-state index contributed by atoms with van der Waals surface area (Å²) < 4.78 is 0. The first kappa shape index (κ1) is 14.9. The molecule has 110 valence electrons. The number of para-hydroxylation sites is 1. The molecule has 4 nitrogen and oxygen atoms in total. The van der Waals surface area contributed by atoms with Crippen molar-refractivity contribution in [3.63, 3.8) is 0 Å². The lowest BCUT2D eigenvalue weighted by Gasteiger charge is -2.36. The molecule has 0 aromatic heterocycles. The molecule has 2 rings (SSSR count). The maximum absolute atomic E-state index is 11.9. The van der Waals surface area contributed by atoms with Gasteiger partial charge in [-0.1, -0.05) is 31.0 Å². The van der Waals surface area contributed by atoms with E-state index in [1.165, 1.54) is 25.7 Å². The molecule has 0 unspecified atom stereocenters. The van der Waals surface area contributed by atoms with Crippen LogP contribution in [0.1, 0.15) is 25.7 Å². The van der Waals surface area contributed by atoms with Gasteiger partial charge in [0.1, 0.15) is 0 Å². The summed E-state index contributed by atoms with van der Waals surface area (Å²) in [5.41, 5.74) is 1.13. The zero-order valence-electron chi connectivity index (χ0n) is 12.5. The van der Waals surface area contributed by atoms with E-state index in [0.29, 0.717) is 6.54 Å². The van der Waals surface area contributed by atoms with Gasteiger partial charge in [0.25, 0.3) is 0 Å². The van der Waals surface area contributed by atoms with Gasteiger partial charge < -0.3 is 15.5 Å². The van der Waals surface area contributed by atoms with Gasteiger partial charge in [-0.2, -0.15) is 0 Å². The third-order valence-corrected chi connectivity index (χ3v) is 4.32. The Balaban J connectivity index is 1.77. The molecule has 1 saturated carbocycles. The van der Waals surface area contributed by atoms with Crippen LogP contribution in [0, 0.1) is 0 Å². The predicted molar refractivity (Wildman–Crippen MR) is 82.8 cm³/mol. The zero-order valence-corrected chi connectivity index (χ0v) is 12.5. The summed E-state index contributed by atoms with van der Waals surface area (Å²) in [5, 5.41) is 6.21. The number of nitrogens with one attached hydrogen (secondary N) is 2. The van der Waals surface area contributed by atoms with Gasteiger partial charge in [0, 0.05) is 17.8 Å². The van der Waals surface area contributed by atoms with Crippen LogP contribution in [0.25, 0.3) is 0 Å². The summed E-state index contributed by atoms with van der Waals surface area (Å²) in [7, 11) is 4.22. The van der Waals surface area contributed by atoms with Crippen molar-refractivity contribution in [1.82, 2.24) is 10.2 Å². The highest BCUT2D eigenvalue weighted by molar-refractivity contribution is 5.80. The minimum Gasteiger partial charge on any atom is -0.376 e. The molecule has 0 heterocycles. The molecule has 1 aromatic rings. The van der Waals surface area contributed by atoms with E-state index in [-0.39, 0.29) is 11.4 Å². The van der Waals surface area contributed by atoms with Crippen LogP contribution in [0.2, 0.25) is 0 Å². The van der Waals surface area contributed by atoms with Crippen LogP contribution in [0.4, 0.5) is 5.69 Å². The predicted octanol–water partition coefficient (Wildman–Crippen LogP) is 2.09. The second-order valence-electron chi connectivity index (χ2n) is 5.82. The Morgan fingerprint density at radius 3 is 2.45 bits per heavy atom. The fourth-order valence-electron chi connectivity index (χ4n) is 2.88. The number of likely N-dealkylation sites (N-methyl/N-ethyl adjacent to an activating group) is 1. The molecule has 0 atom stereocenters. The minimum absolute atomic E-state index is 0.0574. The molecule has 0 bridgehead atoms. The fraction of sp³-hybridized carbons (Fsp3) is 0.562. The van der Waals surface area contributed by atoms with Crippen LogP contribution < -0.4 is 10.6 Å². The summed E-state index contributed by atoms with van der Waals surface area (Å²) in [6, 6.07) is 9.81. The molecule has 1 amide bonds. The highest BCUT2D eigenvalue weighted by atomic mass is 16.1. The second-order valence-corrected chi connectivity index (χ2v) is 5.82. The molecule has 1 aliphatic rings. The lowest BCUT2D eigenvalue weighted by Crippen LogP contribution is -2.51. The van der Waals surface area contributed by atoms with Gasteiger partial charge in [0.05, 0.1) is 6.54 Å². The first-order valence-electron chi connectivity index (χ1n) is 7.35. The maximum atomic E-state index is 11.9. The number of anilines is 1. The summed E-state index contributed by atoms with van der Waals surface area (Å²) in [6.07, 6.45) is 4.87. The number of carbonyl (C=O) groups excluding carboxylic acids is 1. The van der Waals surface area contributed by atoms with Crippen molar-refractivity contribution in [3.05, 3.63) is 30.3 Å². The first-order chi connectivity index (χ1) is 9.62. The summed E-state index contributed by atoms with van der Waals surface area (Å²) in [4.78, 5) is 14.2. The average Bonchev–Trinajstić information content (AvgIpc) is 2.94. The number of rotatable bonds is 6. The molecule has 1 fully saturated rings. The van der Waals surface area contributed by atoms with E-state index in [1.54, 1.807) is 0 Å². The smallest absolute Gasteiger partial charge is 0.239 e. The third-order valence-electron chi connectivity index (χ3n) is 4.32. The van der Waals surface area contributed by atoms with Crippen LogP contribution >= 0.6 is 0 Å². The van der Waals surface area contributed by atoms with Gasteiger partial charge in [-0.15, -0.1) is 0 Å². The van der Waals surface area contributed by atoms with Gasteiger partial charge in [-0.05, 0) is 39.1 Å². The van der Waals surface area contributed by atoms with E-state index in [9.17, 15) is 4.79 Å². The number of nitrogens with zero attached hydrogens (tertiary/aromatic N) is 1. The Morgan fingerprint density at radius 2 is 1.85 bits per heavy atom. The Morgan fingerprint density at radius 1 is 1.20 bits per heavy atom. The number of hydrogen-bond donors (Lipinski definition) is 2. The van der Waals surface area contributed by atoms with E-state index in [2.05, 4.69) is 29.6 Å². The quantitative estimate of drug-likeness (QED) is 0.835. The van der Waals surface area contributed by atoms with Crippen molar-refractivity contribution in [3.8, 4) is 0 Å². The monoisotopic (exact) mass is 275 g/mol. The third kappa shape index (κ3) is 3.73.